The third-order valence-corrected chi connectivity index (χ3v) is 4.46. The van der Waals surface area contributed by atoms with Crippen LogP contribution in [0.3, 0.4) is 0 Å². The summed E-state index contributed by atoms with van der Waals surface area (Å²) in [5.74, 6) is 4.28. The highest BCUT2D eigenvalue weighted by molar-refractivity contribution is 5.49. The van der Waals surface area contributed by atoms with Crippen molar-refractivity contribution in [3.8, 4) is 11.7 Å². The number of aromatic nitrogens is 5. The van der Waals surface area contributed by atoms with Gasteiger partial charge in [0.1, 0.15) is 11.6 Å². The highest BCUT2D eigenvalue weighted by Gasteiger charge is 2.21. The first-order valence-electron chi connectivity index (χ1n) is 8.17. The van der Waals surface area contributed by atoms with E-state index < -0.39 is 0 Å². The van der Waals surface area contributed by atoms with E-state index in [0.29, 0.717) is 30.0 Å². The van der Waals surface area contributed by atoms with Crippen LogP contribution in [0, 0.1) is 19.8 Å². The minimum absolute atomic E-state index is 0.428. The molecule has 0 saturated heterocycles. The number of hydrogen-bond acceptors (Lipinski definition) is 7. The summed E-state index contributed by atoms with van der Waals surface area (Å²) in [7, 11) is 0. The van der Waals surface area contributed by atoms with E-state index in [9.17, 15) is 0 Å². The lowest BCUT2D eigenvalue weighted by molar-refractivity contribution is 0.337. The fraction of sp³-hybridized carbons (Fsp3) is 0.500. The normalized spacial score (nSPS) is 17.2. The summed E-state index contributed by atoms with van der Waals surface area (Å²) in [5, 5.41) is 19.9. The van der Waals surface area contributed by atoms with Gasteiger partial charge in [0.15, 0.2) is 5.76 Å². The van der Waals surface area contributed by atoms with Gasteiger partial charge in [0, 0.05) is 25.1 Å². The summed E-state index contributed by atoms with van der Waals surface area (Å²) in [6, 6.07) is 1.88. The molecule has 8 nitrogen and oxygen atoms in total. The SMILES string of the molecule is Cc1ccoc1-c1nnc(CNC[C@H]2CCc3nnc(C)n3C2)o1. The van der Waals surface area contributed by atoms with E-state index >= 15 is 0 Å². The smallest absolute Gasteiger partial charge is 0.283 e. The van der Waals surface area contributed by atoms with Crippen molar-refractivity contribution in [2.75, 3.05) is 6.54 Å². The first-order valence-corrected chi connectivity index (χ1v) is 8.17. The van der Waals surface area contributed by atoms with Gasteiger partial charge < -0.3 is 18.7 Å². The van der Waals surface area contributed by atoms with Crippen LogP contribution in [0.2, 0.25) is 0 Å². The van der Waals surface area contributed by atoms with Crippen LogP contribution in [0.15, 0.2) is 21.2 Å². The van der Waals surface area contributed by atoms with Crippen LogP contribution in [0.4, 0.5) is 0 Å². The van der Waals surface area contributed by atoms with E-state index in [4.69, 9.17) is 8.83 Å². The average molecular weight is 328 g/mol. The molecule has 24 heavy (non-hydrogen) atoms. The third kappa shape index (κ3) is 2.84. The molecule has 4 heterocycles. The lowest BCUT2D eigenvalue weighted by atomic mass is 9.99. The van der Waals surface area contributed by atoms with Crippen LogP contribution < -0.4 is 5.32 Å². The monoisotopic (exact) mass is 328 g/mol. The molecule has 1 aliphatic heterocycles. The van der Waals surface area contributed by atoms with Gasteiger partial charge in [-0.1, -0.05) is 0 Å². The Morgan fingerprint density at radius 1 is 1.25 bits per heavy atom. The molecule has 3 aromatic heterocycles. The van der Waals surface area contributed by atoms with Gasteiger partial charge in [-0.3, -0.25) is 0 Å². The minimum Gasteiger partial charge on any atom is -0.459 e. The Balaban J connectivity index is 1.32. The molecule has 4 rings (SSSR count). The fourth-order valence-corrected chi connectivity index (χ4v) is 3.09. The standard InChI is InChI=1S/C16H20N6O2/c1-10-5-6-23-15(10)16-21-20-14(24-16)8-17-7-12-3-4-13-19-18-11(2)22(13)9-12/h5-6,12,17H,3-4,7-9H2,1-2H3/t12-/m1/s1. The number of furan rings is 1. The topological polar surface area (TPSA) is 94.8 Å². The Morgan fingerprint density at radius 3 is 3.00 bits per heavy atom. The fourth-order valence-electron chi connectivity index (χ4n) is 3.09. The molecule has 1 atom stereocenters. The molecule has 0 aliphatic carbocycles. The molecule has 0 aromatic carbocycles. The maximum Gasteiger partial charge on any atom is 0.283 e. The second-order valence-electron chi connectivity index (χ2n) is 6.24. The summed E-state index contributed by atoms with van der Waals surface area (Å²) >= 11 is 0. The molecule has 0 spiro atoms. The largest absolute Gasteiger partial charge is 0.459 e. The lowest BCUT2D eigenvalue weighted by Gasteiger charge is -2.23. The Hall–Kier alpha value is -2.48. The highest BCUT2D eigenvalue weighted by atomic mass is 16.4. The summed E-state index contributed by atoms with van der Waals surface area (Å²) in [5.41, 5.74) is 0.987. The number of hydrogen-bond donors (Lipinski definition) is 1. The van der Waals surface area contributed by atoms with E-state index in [1.54, 1.807) is 6.26 Å². The van der Waals surface area contributed by atoms with E-state index in [1.165, 1.54) is 0 Å². The highest BCUT2D eigenvalue weighted by Crippen LogP contribution is 2.23. The number of nitrogens with zero attached hydrogens (tertiary/aromatic N) is 5. The third-order valence-electron chi connectivity index (χ3n) is 4.46. The Morgan fingerprint density at radius 2 is 2.17 bits per heavy atom. The van der Waals surface area contributed by atoms with Crippen LogP contribution in [0.25, 0.3) is 11.7 Å². The van der Waals surface area contributed by atoms with Crippen molar-refractivity contribution >= 4 is 0 Å². The number of nitrogens with one attached hydrogen (secondary N) is 1. The van der Waals surface area contributed by atoms with Crippen molar-refractivity contribution in [3.63, 3.8) is 0 Å². The van der Waals surface area contributed by atoms with Crippen molar-refractivity contribution < 1.29 is 8.83 Å². The van der Waals surface area contributed by atoms with Gasteiger partial charge in [-0.05, 0) is 32.3 Å². The van der Waals surface area contributed by atoms with E-state index in [0.717, 1.165) is 43.1 Å². The molecule has 0 unspecified atom stereocenters. The molecule has 1 N–H and O–H groups in total. The van der Waals surface area contributed by atoms with Gasteiger partial charge in [0.2, 0.25) is 5.89 Å². The minimum atomic E-state index is 0.428. The van der Waals surface area contributed by atoms with Gasteiger partial charge >= 0.3 is 0 Å². The Kier molecular flexibility index (Phi) is 3.89. The van der Waals surface area contributed by atoms with Crippen molar-refractivity contribution in [1.82, 2.24) is 30.3 Å². The van der Waals surface area contributed by atoms with Crippen LogP contribution >= 0.6 is 0 Å². The van der Waals surface area contributed by atoms with Gasteiger partial charge in [-0.15, -0.1) is 20.4 Å². The second-order valence-corrected chi connectivity index (χ2v) is 6.24. The molecule has 0 bridgehead atoms. The van der Waals surface area contributed by atoms with E-state index in [-0.39, 0.29) is 0 Å². The van der Waals surface area contributed by atoms with Crippen molar-refractivity contribution in [1.29, 1.82) is 0 Å². The summed E-state index contributed by atoms with van der Waals surface area (Å²) in [6.07, 6.45) is 3.72. The molecule has 0 amide bonds. The van der Waals surface area contributed by atoms with Gasteiger partial charge in [-0.2, -0.15) is 0 Å². The van der Waals surface area contributed by atoms with Crippen LogP contribution in [0.5, 0.6) is 0 Å². The van der Waals surface area contributed by atoms with E-state index in [2.05, 4.69) is 30.3 Å². The molecule has 0 fully saturated rings. The zero-order chi connectivity index (χ0) is 16.5. The van der Waals surface area contributed by atoms with Crippen LogP contribution in [0.1, 0.15) is 29.5 Å². The number of rotatable bonds is 5. The molecule has 1 aliphatic rings. The van der Waals surface area contributed by atoms with Gasteiger partial charge in [0.25, 0.3) is 5.89 Å². The van der Waals surface area contributed by atoms with Crippen molar-refractivity contribution in [3.05, 3.63) is 35.4 Å². The maximum atomic E-state index is 5.66. The maximum absolute atomic E-state index is 5.66. The molecule has 126 valence electrons. The predicted octanol–water partition coefficient (Wildman–Crippen LogP) is 1.89. The summed E-state index contributed by atoms with van der Waals surface area (Å²) in [4.78, 5) is 0. The summed E-state index contributed by atoms with van der Waals surface area (Å²) in [6.45, 7) is 6.36. The molecule has 0 saturated carbocycles. The first kappa shape index (κ1) is 15.1. The average Bonchev–Trinajstić information content (AvgIpc) is 3.29. The second kappa shape index (κ2) is 6.20. The van der Waals surface area contributed by atoms with Crippen LogP contribution in [-0.4, -0.2) is 31.5 Å². The molecular weight excluding hydrogens is 308 g/mol. The van der Waals surface area contributed by atoms with Gasteiger partial charge in [0.05, 0.1) is 12.8 Å². The zero-order valence-corrected chi connectivity index (χ0v) is 13.8. The van der Waals surface area contributed by atoms with E-state index in [1.807, 2.05) is 19.9 Å². The first-order chi connectivity index (χ1) is 11.7. The molecular formula is C16H20N6O2. The molecule has 3 aromatic rings. The molecule has 0 radical (unpaired) electrons. The zero-order valence-electron chi connectivity index (χ0n) is 13.8. The van der Waals surface area contributed by atoms with Crippen molar-refractivity contribution in [2.45, 2.75) is 39.8 Å². The number of fused-ring (bicyclic) bond motifs is 1. The lowest BCUT2D eigenvalue weighted by Crippen LogP contribution is -2.30. The van der Waals surface area contributed by atoms with Gasteiger partial charge in [-0.25, -0.2) is 0 Å². The number of aryl methyl sites for hydroxylation is 3. The Labute approximate surface area is 139 Å². The predicted molar refractivity (Wildman–Crippen MR) is 85.0 cm³/mol. The quantitative estimate of drug-likeness (QED) is 0.764. The van der Waals surface area contributed by atoms with Crippen molar-refractivity contribution in [2.24, 2.45) is 5.92 Å². The Bertz CT molecular complexity index is 833. The van der Waals surface area contributed by atoms with Crippen LogP contribution in [-0.2, 0) is 19.5 Å². The summed E-state index contributed by atoms with van der Waals surface area (Å²) < 4.78 is 13.2. The molecule has 8 heteroatoms.